The van der Waals surface area contributed by atoms with E-state index in [1.54, 1.807) is 0 Å². The maximum Gasteiger partial charge on any atom is 0.121 e. The van der Waals surface area contributed by atoms with Gasteiger partial charge in [-0.25, -0.2) is 0 Å². The van der Waals surface area contributed by atoms with Gasteiger partial charge < -0.3 is 5.11 Å². The lowest BCUT2D eigenvalue weighted by Crippen LogP contribution is -1.93. The van der Waals surface area contributed by atoms with E-state index in [4.69, 9.17) is 0 Å². The van der Waals surface area contributed by atoms with E-state index in [0.29, 0.717) is 5.75 Å². The molecule has 0 aliphatic heterocycles. The van der Waals surface area contributed by atoms with Gasteiger partial charge in [0, 0.05) is 0 Å². The zero-order chi connectivity index (χ0) is 11.4. The number of aromatic hydroxyl groups is 1. The summed E-state index contributed by atoms with van der Waals surface area (Å²) in [5, 5.41) is 9.64. The second-order valence-electron chi connectivity index (χ2n) is 4.86. The fourth-order valence-corrected chi connectivity index (χ4v) is 1.90. The van der Waals surface area contributed by atoms with Crippen LogP contribution in [0.5, 0.6) is 5.75 Å². The molecule has 1 nitrogen and oxygen atoms in total. The second kappa shape index (κ2) is 5.20. The Morgan fingerprint density at radius 1 is 1.13 bits per heavy atom. The summed E-state index contributed by atoms with van der Waals surface area (Å²) in [6.45, 7) is 8.45. The Morgan fingerprint density at radius 3 is 2.13 bits per heavy atom. The Hall–Kier alpha value is -0.980. The summed E-state index contributed by atoms with van der Waals surface area (Å²) in [7, 11) is 0. The molecule has 0 spiro atoms. The number of hydrogen-bond acceptors (Lipinski definition) is 1. The van der Waals surface area contributed by atoms with Gasteiger partial charge in [-0.05, 0) is 49.3 Å². The summed E-state index contributed by atoms with van der Waals surface area (Å²) >= 11 is 0. The lowest BCUT2D eigenvalue weighted by Gasteiger charge is -2.08. The first kappa shape index (κ1) is 12.1. The van der Waals surface area contributed by atoms with Crippen molar-refractivity contribution in [3.05, 3.63) is 28.8 Å². The first-order valence-electron chi connectivity index (χ1n) is 5.79. The maximum absolute atomic E-state index is 9.64. The third-order valence-corrected chi connectivity index (χ3v) is 2.80. The van der Waals surface area contributed by atoms with Crippen LogP contribution in [0.3, 0.4) is 0 Å². The van der Waals surface area contributed by atoms with Gasteiger partial charge in [0.25, 0.3) is 0 Å². The molecule has 0 saturated heterocycles. The largest absolute Gasteiger partial charge is 0.507 e. The van der Waals surface area contributed by atoms with Crippen molar-refractivity contribution in [3.8, 4) is 5.75 Å². The lowest BCUT2D eigenvalue weighted by molar-refractivity contribution is 0.466. The van der Waals surface area contributed by atoms with Gasteiger partial charge in [0.15, 0.2) is 0 Å². The summed E-state index contributed by atoms with van der Waals surface area (Å²) in [5.74, 6) is 1.23. The molecule has 1 heteroatoms. The van der Waals surface area contributed by atoms with E-state index in [1.165, 1.54) is 18.4 Å². The van der Waals surface area contributed by atoms with Crippen molar-refractivity contribution in [1.82, 2.24) is 0 Å². The van der Waals surface area contributed by atoms with Gasteiger partial charge in [-0.15, -0.1) is 0 Å². The van der Waals surface area contributed by atoms with E-state index in [2.05, 4.69) is 26.0 Å². The minimum Gasteiger partial charge on any atom is -0.507 e. The fourth-order valence-electron chi connectivity index (χ4n) is 1.90. The van der Waals surface area contributed by atoms with Crippen LogP contribution in [0.2, 0.25) is 0 Å². The van der Waals surface area contributed by atoms with E-state index in [0.717, 1.165) is 23.5 Å². The summed E-state index contributed by atoms with van der Waals surface area (Å²) in [6, 6.07) is 4.20. The van der Waals surface area contributed by atoms with E-state index in [-0.39, 0.29) is 0 Å². The summed E-state index contributed by atoms with van der Waals surface area (Å²) in [4.78, 5) is 0. The standard InChI is InChI=1S/C14H22O/c1-10(2)6-5-7-13-8-11(3)14(15)12(4)9-13/h8-10,15H,5-7H2,1-4H3. The smallest absolute Gasteiger partial charge is 0.121 e. The molecule has 0 unspecified atom stereocenters. The first-order valence-corrected chi connectivity index (χ1v) is 5.79. The van der Waals surface area contributed by atoms with Crippen LogP contribution in [0.15, 0.2) is 12.1 Å². The van der Waals surface area contributed by atoms with Crippen molar-refractivity contribution in [2.45, 2.75) is 47.0 Å². The van der Waals surface area contributed by atoms with Gasteiger partial charge in [0.05, 0.1) is 0 Å². The van der Waals surface area contributed by atoms with Crippen LogP contribution in [0, 0.1) is 19.8 Å². The fraction of sp³-hybridized carbons (Fsp3) is 0.571. The number of hydrogen-bond donors (Lipinski definition) is 1. The number of rotatable bonds is 4. The SMILES string of the molecule is Cc1cc(CCCC(C)C)cc(C)c1O. The van der Waals surface area contributed by atoms with Crippen LogP contribution in [0.4, 0.5) is 0 Å². The number of phenols is 1. The highest BCUT2D eigenvalue weighted by atomic mass is 16.3. The molecule has 0 aliphatic carbocycles. The molecular formula is C14H22O. The van der Waals surface area contributed by atoms with Gasteiger partial charge in [0.2, 0.25) is 0 Å². The molecule has 84 valence electrons. The lowest BCUT2D eigenvalue weighted by atomic mass is 9.99. The third-order valence-electron chi connectivity index (χ3n) is 2.80. The van der Waals surface area contributed by atoms with Crippen molar-refractivity contribution < 1.29 is 5.11 Å². The highest BCUT2D eigenvalue weighted by Gasteiger charge is 2.03. The van der Waals surface area contributed by atoms with Crippen molar-refractivity contribution in [2.24, 2.45) is 5.92 Å². The van der Waals surface area contributed by atoms with Gasteiger partial charge in [-0.1, -0.05) is 32.4 Å². The number of phenolic OH excluding ortho intramolecular Hbond substituents is 1. The van der Waals surface area contributed by atoms with E-state index in [1.807, 2.05) is 13.8 Å². The van der Waals surface area contributed by atoms with E-state index in [9.17, 15) is 5.11 Å². The average molecular weight is 206 g/mol. The summed E-state index contributed by atoms with van der Waals surface area (Å²) < 4.78 is 0. The molecule has 0 fully saturated rings. The van der Waals surface area contributed by atoms with Crippen LogP contribution >= 0.6 is 0 Å². The minimum atomic E-state index is 0.447. The zero-order valence-corrected chi connectivity index (χ0v) is 10.3. The second-order valence-corrected chi connectivity index (χ2v) is 4.86. The van der Waals surface area contributed by atoms with Crippen molar-refractivity contribution in [1.29, 1.82) is 0 Å². The molecule has 0 aliphatic rings. The summed E-state index contributed by atoms with van der Waals surface area (Å²) in [5.41, 5.74) is 3.34. The third kappa shape index (κ3) is 3.58. The molecule has 1 rings (SSSR count). The minimum absolute atomic E-state index is 0.447. The molecule has 0 aromatic heterocycles. The Bertz CT molecular complexity index is 303. The Kier molecular flexibility index (Phi) is 4.19. The van der Waals surface area contributed by atoms with Crippen LogP contribution in [0.1, 0.15) is 43.4 Å². The molecule has 1 aromatic carbocycles. The first-order chi connectivity index (χ1) is 7.00. The molecule has 0 heterocycles. The molecule has 0 atom stereocenters. The normalized spacial score (nSPS) is 11.0. The highest BCUT2D eigenvalue weighted by Crippen LogP contribution is 2.23. The number of aryl methyl sites for hydroxylation is 3. The number of benzene rings is 1. The van der Waals surface area contributed by atoms with Crippen LogP contribution in [0.25, 0.3) is 0 Å². The monoisotopic (exact) mass is 206 g/mol. The molecular weight excluding hydrogens is 184 g/mol. The molecule has 1 N–H and O–H groups in total. The van der Waals surface area contributed by atoms with Gasteiger partial charge in [-0.3, -0.25) is 0 Å². The van der Waals surface area contributed by atoms with E-state index >= 15 is 0 Å². The predicted octanol–water partition coefficient (Wildman–Crippen LogP) is 3.99. The Balaban J connectivity index is 2.63. The topological polar surface area (TPSA) is 20.2 Å². The maximum atomic E-state index is 9.64. The van der Waals surface area contributed by atoms with Crippen LogP contribution in [-0.4, -0.2) is 5.11 Å². The van der Waals surface area contributed by atoms with Gasteiger partial charge >= 0.3 is 0 Å². The molecule has 15 heavy (non-hydrogen) atoms. The van der Waals surface area contributed by atoms with Crippen LogP contribution in [-0.2, 0) is 6.42 Å². The molecule has 0 saturated carbocycles. The molecule has 0 bridgehead atoms. The van der Waals surface area contributed by atoms with Gasteiger partial charge in [0.1, 0.15) is 5.75 Å². The highest BCUT2D eigenvalue weighted by molar-refractivity contribution is 5.42. The van der Waals surface area contributed by atoms with Crippen LogP contribution < -0.4 is 0 Å². The van der Waals surface area contributed by atoms with Crippen molar-refractivity contribution >= 4 is 0 Å². The van der Waals surface area contributed by atoms with E-state index < -0.39 is 0 Å². The molecule has 1 aromatic rings. The quantitative estimate of drug-likeness (QED) is 0.789. The Labute approximate surface area is 93.1 Å². The Morgan fingerprint density at radius 2 is 1.67 bits per heavy atom. The predicted molar refractivity (Wildman–Crippen MR) is 65.4 cm³/mol. The van der Waals surface area contributed by atoms with Crippen molar-refractivity contribution in [2.75, 3.05) is 0 Å². The average Bonchev–Trinajstić information content (AvgIpc) is 2.13. The zero-order valence-electron chi connectivity index (χ0n) is 10.3. The van der Waals surface area contributed by atoms with Crippen molar-refractivity contribution in [3.63, 3.8) is 0 Å². The molecule has 0 amide bonds. The summed E-state index contributed by atoms with van der Waals surface area (Å²) in [6.07, 6.45) is 3.64. The van der Waals surface area contributed by atoms with Gasteiger partial charge in [-0.2, -0.15) is 0 Å². The molecule has 0 radical (unpaired) electrons.